The van der Waals surface area contributed by atoms with Crippen LogP contribution in [0.4, 0.5) is 0 Å². The minimum absolute atomic E-state index is 0.303. The van der Waals surface area contributed by atoms with Crippen LogP contribution in [0.3, 0.4) is 0 Å². The fraction of sp³-hybridized carbons (Fsp3) is 0.550. The first-order valence-corrected chi connectivity index (χ1v) is 9.47. The van der Waals surface area contributed by atoms with E-state index >= 15 is 0 Å². The molecule has 5 nitrogen and oxygen atoms in total. The van der Waals surface area contributed by atoms with Gasteiger partial charge < -0.3 is 10.6 Å². The van der Waals surface area contributed by atoms with E-state index in [1.165, 1.54) is 24.1 Å². The molecule has 1 aromatic heterocycles. The first-order valence-electron chi connectivity index (χ1n) is 9.47. The van der Waals surface area contributed by atoms with Gasteiger partial charge in [-0.15, -0.1) is 0 Å². The Morgan fingerprint density at radius 2 is 1.80 bits per heavy atom. The van der Waals surface area contributed by atoms with Crippen molar-refractivity contribution in [2.24, 2.45) is 0 Å². The SMILES string of the molecule is Cc1nn(-c2ccccc2)c(C)c1CN1CCNCC12CCNCC2. The summed E-state index contributed by atoms with van der Waals surface area (Å²) in [5, 5.41) is 12.0. The standard InChI is InChI=1S/C20H29N5/c1-16-19(17(2)25(23-16)18-6-4-3-5-7-18)14-24-13-12-22-15-20(24)8-10-21-11-9-20/h3-7,21-22H,8-15H2,1-2H3. The van der Waals surface area contributed by atoms with Crippen LogP contribution < -0.4 is 10.6 Å². The molecule has 0 atom stereocenters. The third-order valence-electron chi connectivity index (χ3n) is 6.01. The van der Waals surface area contributed by atoms with Crippen molar-refractivity contribution in [3.8, 4) is 5.69 Å². The van der Waals surface area contributed by atoms with Crippen molar-refractivity contribution in [2.75, 3.05) is 32.7 Å². The summed E-state index contributed by atoms with van der Waals surface area (Å²) in [7, 11) is 0. The van der Waals surface area contributed by atoms with Crippen LogP contribution in [0.25, 0.3) is 5.69 Å². The summed E-state index contributed by atoms with van der Waals surface area (Å²) in [6.45, 7) is 10.9. The maximum Gasteiger partial charge on any atom is 0.0648 e. The van der Waals surface area contributed by atoms with Gasteiger partial charge in [0.15, 0.2) is 0 Å². The molecule has 0 aliphatic carbocycles. The van der Waals surface area contributed by atoms with Crippen LogP contribution in [-0.2, 0) is 6.54 Å². The summed E-state index contributed by atoms with van der Waals surface area (Å²) in [6.07, 6.45) is 2.45. The smallest absolute Gasteiger partial charge is 0.0648 e. The fourth-order valence-corrected chi connectivity index (χ4v) is 4.43. The van der Waals surface area contributed by atoms with Crippen molar-refractivity contribution in [1.29, 1.82) is 0 Å². The molecule has 5 heteroatoms. The number of para-hydroxylation sites is 1. The largest absolute Gasteiger partial charge is 0.317 e. The molecule has 1 aromatic carbocycles. The Balaban J connectivity index is 1.63. The van der Waals surface area contributed by atoms with Gasteiger partial charge in [-0.1, -0.05) is 18.2 Å². The van der Waals surface area contributed by atoms with Crippen LogP contribution in [0.15, 0.2) is 30.3 Å². The molecule has 134 valence electrons. The molecule has 0 amide bonds. The van der Waals surface area contributed by atoms with Gasteiger partial charge in [0.05, 0.1) is 11.4 Å². The molecule has 2 fully saturated rings. The van der Waals surface area contributed by atoms with E-state index in [1.807, 2.05) is 0 Å². The Hall–Kier alpha value is -1.69. The molecule has 4 rings (SSSR count). The number of piperidine rings is 1. The van der Waals surface area contributed by atoms with Crippen LogP contribution in [0.1, 0.15) is 29.8 Å². The quantitative estimate of drug-likeness (QED) is 0.898. The summed E-state index contributed by atoms with van der Waals surface area (Å²) in [4.78, 5) is 2.72. The molecule has 2 aliphatic rings. The third kappa shape index (κ3) is 3.12. The molecular formula is C20H29N5. The molecule has 2 N–H and O–H groups in total. The summed E-state index contributed by atoms with van der Waals surface area (Å²) in [5.74, 6) is 0. The van der Waals surface area contributed by atoms with Crippen LogP contribution in [-0.4, -0.2) is 52.9 Å². The van der Waals surface area contributed by atoms with E-state index in [0.717, 1.165) is 50.6 Å². The van der Waals surface area contributed by atoms with Crippen LogP contribution in [0, 0.1) is 13.8 Å². The predicted molar refractivity (Wildman–Crippen MR) is 101 cm³/mol. The Bertz CT molecular complexity index is 707. The number of aromatic nitrogens is 2. The van der Waals surface area contributed by atoms with Crippen LogP contribution in [0.5, 0.6) is 0 Å². The van der Waals surface area contributed by atoms with Gasteiger partial charge in [0, 0.05) is 43.0 Å². The van der Waals surface area contributed by atoms with Crippen molar-refractivity contribution in [2.45, 2.75) is 38.8 Å². The molecular weight excluding hydrogens is 310 g/mol. The van der Waals surface area contributed by atoms with Gasteiger partial charge in [-0.05, 0) is 51.9 Å². The Labute approximate surface area is 150 Å². The summed E-state index contributed by atoms with van der Waals surface area (Å²) in [6, 6.07) is 10.5. The Morgan fingerprint density at radius 3 is 2.56 bits per heavy atom. The van der Waals surface area contributed by atoms with Crippen molar-refractivity contribution in [3.63, 3.8) is 0 Å². The summed E-state index contributed by atoms with van der Waals surface area (Å²) in [5.41, 5.74) is 5.27. The van der Waals surface area contributed by atoms with Crippen molar-refractivity contribution in [3.05, 3.63) is 47.3 Å². The summed E-state index contributed by atoms with van der Waals surface area (Å²) < 4.78 is 2.10. The van der Waals surface area contributed by atoms with Gasteiger partial charge in [0.1, 0.15) is 0 Å². The van der Waals surface area contributed by atoms with Gasteiger partial charge in [0.2, 0.25) is 0 Å². The zero-order valence-corrected chi connectivity index (χ0v) is 15.4. The Morgan fingerprint density at radius 1 is 1.04 bits per heavy atom. The number of rotatable bonds is 3. The highest BCUT2D eigenvalue weighted by molar-refractivity contribution is 5.37. The second kappa shape index (κ2) is 6.90. The van der Waals surface area contributed by atoms with Crippen molar-refractivity contribution in [1.82, 2.24) is 25.3 Å². The van der Waals surface area contributed by atoms with E-state index in [4.69, 9.17) is 5.10 Å². The lowest BCUT2D eigenvalue weighted by molar-refractivity contribution is 0.0260. The van der Waals surface area contributed by atoms with E-state index in [0.29, 0.717) is 5.54 Å². The highest BCUT2D eigenvalue weighted by Gasteiger charge is 2.40. The van der Waals surface area contributed by atoms with E-state index in [2.05, 4.69) is 64.4 Å². The molecule has 0 unspecified atom stereocenters. The first kappa shape index (κ1) is 16.8. The van der Waals surface area contributed by atoms with Crippen LogP contribution in [0.2, 0.25) is 0 Å². The Kier molecular flexibility index (Phi) is 4.63. The number of nitrogens with one attached hydrogen (secondary N) is 2. The molecule has 0 radical (unpaired) electrons. The van der Waals surface area contributed by atoms with E-state index in [9.17, 15) is 0 Å². The number of benzene rings is 1. The molecule has 2 saturated heterocycles. The van der Waals surface area contributed by atoms with Crippen molar-refractivity contribution >= 4 is 0 Å². The second-order valence-corrected chi connectivity index (χ2v) is 7.47. The zero-order chi connectivity index (χ0) is 17.3. The molecule has 1 spiro atoms. The maximum atomic E-state index is 4.84. The van der Waals surface area contributed by atoms with Crippen LogP contribution >= 0.6 is 0 Å². The normalized spacial score (nSPS) is 20.9. The molecule has 3 heterocycles. The minimum atomic E-state index is 0.303. The number of aryl methyl sites for hydroxylation is 1. The number of nitrogens with zero attached hydrogens (tertiary/aromatic N) is 3. The molecule has 2 aliphatic heterocycles. The average Bonchev–Trinajstić information content (AvgIpc) is 2.93. The number of hydrogen-bond acceptors (Lipinski definition) is 4. The van der Waals surface area contributed by atoms with E-state index in [-0.39, 0.29) is 0 Å². The molecule has 0 saturated carbocycles. The lowest BCUT2D eigenvalue weighted by Gasteiger charge is -2.50. The third-order valence-corrected chi connectivity index (χ3v) is 6.01. The predicted octanol–water partition coefficient (Wildman–Crippen LogP) is 2.02. The summed E-state index contributed by atoms with van der Waals surface area (Å²) >= 11 is 0. The van der Waals surface area contributed by atoms with Gasteiger partial charge in [-0.2, -0.15) is 5.10 Å². The lowest BCUT2D eigenvalue weighted by atomic mass is 9.84. The number of hydrogen-bond donors (Lipinski definition) is 2. The van der Waals surface area contributed by atoms with Gasteiger partial charge in [-0.25, -0.2) is 4.68 Å². The minimum Gasteiger partial charge on any atom is -0.317 e. The topological polar surface area (TPSA) is 45.1 Å². The van der Waals surface area contributed by atoms with E-state index in [1.54, 1.807) is 0 Å². The maximum absolute atomic E-state index is 4.84. The highest BCUT2D eigenvalue weighted by Crippen LogP contribution is 2.31. The molecule has 0 bridgehead atoms. The van der Waals surface area contributed by atoms with Gasteiger partial charge in [-0.3, -0.25) is 4.90 Å². The lowest BCUT2D eigenvalue weighted by Crippen LogP contribution is -2.64. The molecule has 2 aromatic rings. The molecule has 25 heavy (non-hydrogen) atoms. The highest BCUT2D eigenvalue weighted by atomic mass is 15.3. The first-order chi connectivity index (χ1) is 12.2. The monoisotopic (exact) mass is 339 g/mol. The zero-order valence-electron chi connectivity index (χ0n) is 15.4. The fourth-order valence-electron chi connectivity index (χ4n) is 4.43. The van der Waals surface area contributed by atoms with Crippen molar-refractivity contribution < 1.29 is 0 Å². The van der Waals surface area contributed by atoms with Gasteiger partial charge in [0.25, 0.3) is 0 Å². The second-order valence-electron chi connectivity index (χ2n) is 7.47. The van der Waals surface area contributed by atoms with E-state index < -0.39 is 0 Å². The van der Waals surface area contributed by atoms with Gasteiger partial charge >= 0.3 is 0 Å². The average molecular weight is 339 g/mol. The number of piperazine rings is 1.